The van der Waals surface area contributed by atoms with E-state index in [-0.39, 0.29) is 11.4 Å². The maximum Gasteiger partial charge on any atom is 0.242 e. The number of ether oxygens (including phenoxy) is 1. The Labute approximate surface area is 111 Å². The van der Waals surface area contributed by atoms with E-state index >= 15 is 0 Å². The second kappa shape index (κ2) is 5.77. The van der Waals surface area contributed by atoms with E-state index in [1.54, 1.807) is 24.4 Å². The van der Waals surface area contributed by atoms with Crippen LogP contribution in [0, 0.1) is 0 Å². The molecule has 2 aromatic heterocycles. The van der Waals surface area contributed by atoms with Crippen molar-refractivity contribution in [1.82, 2.24) is 14.7 Å². The van der Waals surface area contributed by atoms with Crippen LogP contribution >= 0.6 is 0 Å². The zero-order valence-electron chi connectivity index (χ0n) is 10.3. The predicted octanol–water partition coefficient (Wildman–Crippen LogP) is 0.964. The first kappa shape index (κ1) is 13.4. The monoisotopic (exact) mass is 279 g/mol. The Morgan fingerprint density at radius 2 is 2.05 bits per heavy atom. The van der Waals surface area contributed by atoms with Crippen molar-refractivity contribution in [2.24, 2.45) is 0 Å². The lowest BCUT2D eigenvalue weighted by Crippen LogP contribution is -2.23. The van der Waals surface area contributed by atoms with Crippen molar-refractivity contribution in [3.63, 3.8) is 0 Å². The number of aromatic nitrogens is 2. The molecule has 0 spiro atoms. The third-order valence-corrected chi connectivity index (χ3v) is 3.83. The van der Waals surface area contributed by atoms with Crippen LogP contribution in [0.25, 0.3) is 0 Å². The summed E-state index contributed by atoms with van der Waals surface area (Å²) in [5.41, 5.74) is 0.664. The zero-order valence-corrected chi connectivity index (χ0v) is 11.1. The molecule has 0 radical (unpaired) electrons. The molecule has 0 bridgehead atoms. The standard InChI is InChI=1S/C12H13N3O3S/c1-18-12-10(4-2-7-14-12)8-15-19(16,17)11-5-3-6-13-9-11/h2-7,9,15H,8H2,1H3. The van der Waals surface area contributed by atoms with Crippen LogP contribution in [0.2, 0.25) is 0 Å². The summed E-state index contributed by atoms with van der Waals surface area (Å²) in [5, 5.41) is 0. The van der Waals surface area contributed by atoms with Gasteiger partial charge in [0.1, 0.15) is 4.90 Å². The smallest absolute Gasteiger partial charge is 0.242 e. The summed E-state index contributed by atoms with van der Waals surface area (Å²) in [5.74, 6) is 0.399. The molecule has 2 aromatic rings. The van der Waals surface area contributed by atoms with E-state index < -0.39 is 10.0 Å². The fourth-order valence-electron chi connectivity index (χ4n) is 1.50. The summed E-state index contributed by atoms with van der Waals surface area (Å²) in [6.07, 6.45) is 4.39. The fraction of sp³-hybridized carbons (Fsp3) is 0.167. The third-order valence-electron chi connectivity index (χ3n) is 2.44. The molecule has 100 valence electrons. The van der Waals surface area contributed by atoms with Gasteiger partial charge in [-0.1, -0.05) is 6.07 Å². The Morgan fingerprint density at radius 3 is 2.74 bits per heavy atom. The van der Waals surface area contributed by atoms with Gasteiger partial charge in [-0.25, -0.2) is 18.1 Å². The second-order valence-electron chi connectivity index (χ2n) is 3.69. The highest BCUT2D eigenvalue weighted by Gasteiger charge is 2.14. The van der Waals surface area contributed by atoms with Gasteiger partial charge in [0.15, 0.2) is 0 Å². The summed E-state index contributed by atoms with van der Waals surface area (Å²) < 4.78 is 31.5. The first-order chi connectivity index (χ1) is 9.13. The fourth-order valence-corrected chi connectivity index (χ4v) is 2.47. The number of hydrogen-bond acceptors (Lipinski definition) is 5. The molecular formula is C12H13N3O3S. The number of nitrogens with one attached hydrogen (secondary N) is 1. The van der Waals surface area contributed by atoms with Crippen molar-refractivity contribution in [1.29, 1.82) is 0 Å². The number of nitrogens with zero attached hydrogens (tertiary/aromatic N) is 2. The van der Waals surface area contributed by atoms with Crippen LogP contribution in [-0.2, 0) is 16.6 Å². The average Bonchev–Trinajstić information content (AvgIpc) is 2.46. The molecule has 2 rings (SSSR count). The van der Waals surface area contributed by atoms with Crippen LogP contribution in [0.5, 0.6) is 5.88 Å². The molecule has 0 aromatic carbocycles. The molecule has 0 aliphatic carbocycles. The van der Waals surface area contributed by atoms with Crippen LogP contribution in [0.1, 0.15) is 5.56 Å². The van der Waals surface area contributed by atoms with E-state index in [0.717, 1.165) is 0 Å². The lowest BCUT2D eigenvalue weighted by atomic mass is 10.3. The van der Waals surface area contributed by atoms with Gasteiger partial charge in [0.05, 0.1) is 7.11 Å². The molecule has 0 atom stereocenters. The molecule has 0 aliphatic heterocycles. The highest BCUT2D eigenvalue weighted by molar-refractivity contribution is 7.89. The lowest BCUT2D eigenvalue weighted by Gasteiger charge is -2.08. The first-order valence-corrected chi connectivity index (χ1v) is 6.99. The summed E-state index contributed by atoms with van der Waals surface area (Å²) in [6.45, 7) is 0.105. The van der Waals surface area contributed by atoms with Crippen LogP contribution in [0.4, 0.5) is 0 Å². The Kier molecular flexibility index (Phi) is 4.08. The minimum Gasteiger partial charge on any atom is -0.481 e. The van der Waals surface area contributed by atoms with Gasteiger partial charge in [0, 0.05) is 30.7 Å². The summed E-state index contributed by atoms with van der Waals surface area (Å²) in [6, 6.07) is 6.52. The molecule has 19 heavy (non-hydrogen) atoms. The molecule has 1 N–H and O–H groups in total. The van der Waals surface area contributed by atoms with Crippen LogP contribution < -0.4 is 9.46 Å². The summed E-state index contributed by atoms with van der Waals surface area (Å²) in [7, 11) is -2.09. The van der Waals surface area contributed by atoms with Crippen molar-refractivity contribution in [2.75, 3.05) is 7.11 Å². The number of rotatable bonds is 5. The molecule has 0 unspecified atom stereocenters. The maximum absolute atomic E-state index is 12.0. The molecule has 0 fully saturated rings. The Morgan fingerprint density at radius 1 is 1.26 bits per heavy atom. The summed E-state index contributed by atoms with van der Waals surface area (Å²) >= 11 is 0. The van der Waals surface area contributed by atoms with Crippen LogP contribution in [0.15, 0.2) is 47.8 Å². The molecule has 0 amide bonds. The highest BCUT2D eigenvalue weighted by atomic mass is 32.2. The molecule has 0 saturated heterocycles. The van der Waals surface area contributed by atoms with Crippen LogP contribution in [-0.4, -0.2) is 25.5 Å². The van der Waals surface area contributed by atoms with E-state index in [4.69, 9.17) is 4.74 Å². The first-order valence-electron chi connectivity index (χ1n) is 5.51. The molecule has 7 heteroatoms. The maximum atomic E-state index is 12.0. The number of methoxy groups -OCH3 is 1. The quantitative estimate of drug-likeness (QED) is 0.881. The van der Waals surface area contributed by atoms with Crippen molar-refractivity contribution >= 4 is 10.0 Å². The molecule has 6 nitrogen and oxygen atoms in total. The van der Waals surface area contributed by atoms with Gasteiger partial charge in [-0.05, 0) is 18.2 Å². The van der Waals surface area contributed by atoms with Gasteiger partial charge >= 0.3 is 0 Å². The van der Waals surface area contributed by atoms with Gasteiger partial charge < -0.3 is 4.74 Å². The largest absolute Gasteiger partial charge is 0.481 e. The molecule has 2 heterocycles. The number of sulfonamides is 1. The van der Waals surface area contributed by atoms with Crippen molar-refractivity contribution in [3.8, 4) is 5.88 Å². The van der Waals surface area contributed by atoms with Crippen molar-refractivity contribution < 1.29 is 13.2 Å². The second-order valence-corrected chi connectivity index (χ2v) is 5.45. The minimum absolute atomic E-state index is 0.105. The van der Waals surface area contributed by atoms with E-state index in [0.29, 0.717) is 11.4 Å². The SMILES string of the molecule is COc1ncccc1CNS(=O)(=O)c1cccnc1. The molecule has 0 saturated carbocycles. The third kappa shape index (κ3) is 3.27. The van der Waals surface area contributed by atoms with Crippen molar-refractivity contribution in [3.05, 3.63) is 48.4 Å². The minimum atomic E-state index is -3.58. The molecular weight excluding hydrogens is 266 g/mol. The average molecular weight is 279 g/mol. The van der Waals surface area contributed by atoms with E-state index in [9.17, 15) is 8.42 Å². The van der Waals surface area contributed by atoms with E-state index in [2.05, 4.69) is 14.7 Å². The normalized spacial score (nSPS) is 11.2. The Balaban J connectivity index is 2.15. The lowest BCUT2D eigenvalue weighted by molar-refractivity contribution is 0.392. The van der Waals surface area contributed by atoms with Gasteiger partial charge in [0.25, 0.3) is 0 Å². The van der Waals surface area contributed by atoms with Gasteiger partial charge in [-0.15, -0.1) is 0 Å². The highest BCUT2D eigenvalue weighted by Crippen LogP contribution is 2.14. The van der Waals surface area contributed by atoms with Gasteiger partial charge in [-0.3, -0.25) is 4.98 Å². The van der Waals surface area contributed by atoms with Crippen molar-refractivity contribution in [2.45, 2.75) is 11.4 Å². The van der Waals surface area contributed by atoms with Gasteiger partial charge in [-0.2, -0.15) is 0 Å². The zero-order chi connectivity index (χ0) is 13.7. The molecule has 0 aliphatic rings. The Bertz CT molecular complexity index is 644. The van der Waals surface area contributed by atoms with E-state index in [1.807, 2.05) is 0 Å². The predicted molar refractivity (Wildman–Crippen MR) is 69.1 cm³/mol. The van der Waals surface area contributed by atoms with E-state index in [1.165, 1.54) is 25.6 Å². The summed E-state index contributed by atoms with van der Waals surface area (Å²) in [4.78, 5) is 7.91. The Hall–Kier alpha value is -1.99. The number of hydrogen-bond donors (Lipinski definition) is 1. The topological polar surface area (TPSA) is 81.2 Å². The van der Waals surface area contributed by atoms with Gasteiger partial charge in [0.2, 0.25) is 15.9 Å². The number of pyridine rings is 2. The van der Waals surface area contributed by atoms with Crippen LogP contribution in [0.3, 0.4) is 0 Å².